The predicted molar refractivity (Wildman–Crippen MR) is 55.7 cm³/mol. The van der Waals surface area contributed by atoms with Crippen molar-refractivity contribution >= 4 is 12.4 Å². The topological polar surface area (TPSA) is 86.2 Å². The second kappa shape index (κ2) is 5.41. The molecule has 2 atom stereocenters. The molecule has 0 bridgehead atoms. The van der Waals surface area contributed by atoms with Crippen LogP contribution in [0.25, 0.3) is 0 Å². The van der Waals surface area contributed by atoms with Crippen LogP contribution in [0.4, 0.5) is 0 Å². The van der Waals surface area contributed by atoms with Gasteiger partial charge in [0.1, 0.15) is 6.10 Å². The zero-order chi connectivity index (χ0) is 9.97. The molecule has 2 rings (SSSR count). The van der Waals surface area contributed by atoms with Gasteiger partial charge in [-0.15, -0.1) is 12.4 Å². The zero-order valence-corrected chi connectivity index (χ0v) is 9.29. The Kier molecular flexibility index (Phi) is 4.46. The fraction of sp³-hybridized carbons (Fsp3) is 0.750. The Morgan fingerprint density at radius 2 is 2.40 bits per heavy atom. The first-order valence-electron chi connectivity index (χ1n) is 4.69. The molecule has 1 saturated heterocycles. The van der Waals surface area contributed by atoms with E-state index < -0.39 is 0 Å². The van der Waals surface area contributed by atoms with Gasteiger partial charge in [-0.1, -0.05) is 5.16 Å². The molecule has 0 radical (unpaired) electrons. The number of ether oxygens (including phenoxy) is 1. The van der Waals surface area contributed by atoms with Crippen LogP contribution in [-0.4, -0.2) is 29.8 Å². The largest absolute Gasteiger partial charge is 0.366 e. The van der Waals surface area contributed by atoms with Gasteiger partial charge in [0.25, 0.3) is 5.89 Å². The summed E-state index contributed by atoms with van der Waals surface area (Å²) in [5.41, 5.74) is 5.62. The van der Waals surface area contributed by atoms with Gasteiger partial charge in [-0.3, -0.25) is 0 Å². The molecule has 6 nitrogen and oxygen atoms in total. The van der Waals surface area contributed by atoms with Crippen LogP contribution in [0.1, 0.15) is 30.8 Å². The molecule has 1 unspecified atom stereocenters. The van der Waals surface area contributed by atoms with Crippen LogP contribution in [-0.2, 0) is 4.74 Å². The Bertz CT molecular complexity index is 299. The van der Waals surface area contributed by atoms with Gasteiger partial charge < -0.3 is 20.3 Å². The molecule has 0 amide bonds. The number of rotatable bonds is 2. The van der Waals surface area contributed by atoms with Gasteiger partial charge >= 0.3 is 0 Å². The second-order valence-electron chi connectivity index (χ2n) is 3.34. The van der Waals surface area contributed by atoms with Crippen LogP contribution in [0.3, 0.4) is 0 Å². The summed E-state index contributed by atoms with van der Waals surface area (Å²) < 4.78 is 10.5. The first-order chi connectivity index (χ1) is 6.77. The van der Waals surface area contributed by atoms with E-state index in [-0.39, 0.29) is 24.6 Å². The van der Waals surface area contributed by atoms with E-state index in [2.05, 4.69) is 15.5 Å². The highest BCUT2D eigenvalue weighted by Gasteiger charge is 2.22. The van der Waals surface area contributed by atoms with Crippen molar-refractivity contribution in [1.82, 2.24) is 15.5 Å². The summed E-state index contributed by atoms with van der Waals surface area (Å²) in [6.45, 7) is 4.06. The molecule has 2 heterocycles. The van der Waals surface area contributed by atoms with E-state index >= 15 is 0 Å². The molecule has 0 aliphatic carbocycles. The molecule has 86 valence electrons. The van der Waals surface area contributed by atoms with Gasteiger partial charge in [0.05, 0.1) is 12.6 Å². The quantitative estimate of drug-likeness (QED) is 0.759. The van der Waals surface area contributed by atoms with E-state index in [1.54, 1.807) is 0 Å². The average molecular weight is 235 g/mol. The van der Waals surface area contributed by atoms with Crippen LogP contribution in [0.15, 0.2) is 4.52 Å². The Hall–Kier alpha value is -0.690. The zero-order valence-electron chi connectivity index (χ0n) is 8.47. The minimum Gasteiger partial charge on any atom is -0.366 e. The monoisotopic (exact) mass is 234 g/mol. The van der Waals surface area contributed by atoms with Gasteiger partial charge in [0, 0.05) is 13.1 Å². The SMILES string of the molecule is CC(N)c1noc([C@H]2CNCCO2)n1.Cl. The van der Waals surface area contributed by atoms with Gasteiger partial charge in [0.2, 0.25) is 0 Å². The first-order valence-corrected chi connectivity index (χ1v) is 4.69. The van der Waals surface area contributed by atoms with Crippen molar-refractivity contribution in [2.24, 2.45) is 5.73 Å². The smallest absolute Gasteiger partial charge is 0.257 e. The van der Waals surface area contributed by atoms with E-state index in [9.17, 15) is 0 Å². The molecular formula is C8H15ClN4O2. The highest BCUT2D eigenvalue weighted by atomic mass is 35.5. The van der Waals surface area contributed by atoms with E-state index in [1.807, 2.05) is 6.92 Å². The second-order valence-corrected chi connectivity index (χ2v) is 3.34. The number of morpholine rings is 1. The van der Waals surface area contributed by atoms with Crippen molar-refractivity contribution in [2.45, 2.75) is 19.1 Å². The van der Waals surface area contributed by atoms with Gasteiger partial charge in [-0.2, -0.15) is 4.98 Å². The fourth-order valence-corrected chi connectivity index (χ4v) is 1.29. The Labute approximate surface area is 94.0 Å². The minimum absolute atomic E-state index is 0. The Balaban J connectivity index is 0.00000112. The molecule has 0 aromatic carbocycles. The summed E-state index contributed by atoms with van der Waals surface area (Å²) in [7, 11) is 0. The molecule has 1 aromatic heterocycles. The highest BCUT2D eigenvalue weighted by molar-refractivity contribution is 5.85. The summed E-state index contributed by atoms with van der Waals surface area (Å²) in [6, 6.07) is -0.205. The average Bonchev–Trinajstić information content (AvgIpc) is 2.68. The number of nitrogens with one attached hydrogen (secondary N) is 1. The lowest BCUT2D eigenvalue weighted by atomic mass is 10.3. The lowest BCUT2D eigenvalue weighted by molar-refractivity contribution is 0.00755. The van der Waals surface area contributed by atoms with Gasteiger partial charge in [-0.25, -0.2) is 0 Å². The van der Waals surface area contributed by atoms with Crippen LogP contribution in [0.5, 0.6) is 0 Å². The van der Waals surface area contributed by atoms with Crippen molar-refractivity contribution in [3.63, 3.8) is 0 Å². The summed E-state index contributed by atoms with van der Waals surface area (Å²) >= 11 is 0. The number of halogens is 1. The van der Waals surface area contributed by atoms with E-state index in [1.165, 1.54) is 0 Å². The number of hydrogen-bond donors (Lipinski definition) is 2. The molecule has 1 aliphatic heterocycles. The van der Waals surface area contributed by atoms with Crippen LogP contribution in [0, 0.1) is 0 Å². The first kappa shape index (κ1) is 12.4. The number of hydrogen-bond acceptors (Lipinski definition) is 6. The van der Waals surface area contributed by atoms with Crippen molar-refractivity contribution in [3.8, 4) is 0 Å². The highest BCUT2D eigenvalue weighted by Crippen LogP contribution is 2.17. The molecular weight excluding hydrogens is 220 g/mol. The maximum Gasteiger partial charge on any atom is 0.257 e. The molecule has 1 fully saturated rings. The molecule has 3 N–H and O–H groups in total. The Morgan fingerprint density at radius 3 is 2.93 bits per heavy atom. The number of aromatic nitrogens is 2. The molecule has 15 heavy (non-hydrogen) atoms. The van der Waals surface area contributed by atoms with Gasteiger partial charge in [-0.05, 0) is 6.92 Å². The normalized spacial score (nSPS) is 23.2. The third-order valence-corrected chi connectivity index (χ3v) is 2.07. The third kappa shape index (κ3) is 2.88. The summed E-state index contributed by atoms with van der Waals surface area (Å²) in [4.78, 5) is 4.17. The standard InChI is InChI=1S/C8H14N4O2.ClH/c1-5(9)7-11-8(14-12-7)6-4-10-2-3-13-6;/h5-6,10H,2-4,9H2,1H3;1H/t5?,6-;/m1./s1. The molecule has 1 aliphatic rings. The molecule has 1 aromatic rings. The van der Waals surface area contributed by atoms with E-state index in [4.69, 9.17) is 15.0 Å². The van der Waals surface area contributed by atoms with E-state index in [0.29, 0.717) is 24.9 Å². The van der Waals surface area contributed by atoms with Gasteiger partial charge in [0.15, 0.2) is 5.82 Å². The summed E-state index contributed by atoms with van der Waals surface area (Å²) in [5, 5.41) is 6.96. The van der Waals surface area contributed by atoms with Crippen LogP contribution < -0.4 is 11.1 Å². The molecule has 0 spiro atoms. The third-order valence-electron chi connectivity index (χ3n) is 2.07. The molecule has 0 saturated carbocycles. The van der Waals surface area contributed by atoms with Crippen molar-refractivity contribution in [2.75, 3.05) is 19.7 Å². The number of nitrogens with two attached hydrogens (primary N) is 1. The van der Waals surface area contributed by atoms with Crippen LogP contribution >= 0.6 is 12.4 Å². The lowest BCUT2D eigenvalue weighted by Crippen LogP contribution is -2.33. The lowest BCUT2D eigenvalue weighted by Gasteiger charge is -2.19. The maximum absolute atomic E-state index is 5.62. The minimum atomic E-state index is -0.205. The van der Waals surface area contributed by atoms with E-state index in [0.717, 1.165) is 6.54 Å². The van der Waals surface area contributed by atoms with Crippen molar-refractivity contribution in [3.05, 3.63) is 11.7 Å². The fourth-order valence-electron chi connectivity index (χ4n) is 1.29. The summed E-state index contributed by atoms with van der Waals surface area (Å²) in [6.07, 6.45) is -0.135. The predicted octanol–water partition coefficient (Wildman–Crippen LogP) is 0.172. The Morgan fingerprint density at radius 1 is 1.60 bits per heavy atom. The van der Waals surface area contributed by atoms with Crippen LogP contribution in [0.2, 0.25) is 0 Å². The van der Waals surface area contributed by atoms with Crippen molar-refractivity contribution < 1.29 is 9.26 Å². The van der Waals surface area contributed by atoms with Crippen molar-refractivity contribution in [1.29, 1.82) is 0 Å². The summed E-state index contributed by atoms with van der Waals surface area (Å²) in [5.74, 6) is 1.03. The number of nitrogens with zero attached hydrogens (tertiary/aromatic N) is 2. The maximum atomic E-state index is 5.62. The molecule has 7 heteroatoms.